The van der Waals surface area contributed by atoms with Crippen LogP contribution in [0, 0.1) is 10.1 Å². The number of nitrogens with zero attached hydrogens (tertiary/aromatic N) is 3. The molecular formula is C18H13N3O7S. The molecule has 10 nitrogen and oxygen atoms in total. The number of nitro groups is 1. The van der Waals surface area contributed by atoms with Gasteiger partial charge in [-0.1, -0.05) is 11.3 Å². The molecule has 11 heteroatoms. The molecule has 0 fully saturated rings. The highest BCUT2D eigenvalue weighted by Gasteiger charge is 2.36. The zero-order chi connectivity index (χ0) is 20.4. The van der Waals surface area contributed by atoms with Gasteiger partial charge >= 0.3 is 11.0 Å². The number of hydrogen-bond acceptors (Lipinski definition) is 9. The van der Waals surface area contributed by atoms with E-state index in [0.29, 0.717) is 35.0 Å². The van der Waals surface area contributed by atoms with Crippen LogP contribution in [0.4, 0.5) is 5.00 Å². The van der Waals surface area contributed by atoms with Crippen LogP contribution in [0.3, 0.4) is 0 Å². The number of esters is 1. The molecule has 1 aliphatic heterocycles. The lowest BCUT2D eigenvalue weighted by molar-refractivity contribution is -0.380. The fourth-order valence-corrected chi connectivity index (χ4v) is 3.55. The maximum Gasteiger partial charge on any atom is 0.349 e. The van der Waals surface area contributed by atoms with Gasteiger partial charge in [0, 0.05) is 12.5 Å². The summed E-state index contributed by atoms with van der Waals surface area (Å²) in [6.45, 7) is -0.573. The topological polar surface area (TPSA) is 128 Å². The number of furan rings is 2. The Kier molecular flexibility index (Phi) is 4.96. The Morgan fingerprint density at radius 1 is 1.24 bits per heavy atom. The largest absolute Gasteiger partial charge is 0.467 e. The Bertz CT molecular complexity index is 1070. The standard InChI is InChI=1S/C18H13N3O7S/c22-16(10-28-18(23)15-5-6-17(29-15)21(24)25)20-12(14-4-2-8-27-14)9-11(19-20)13-3-1-7-26-13/h1-8,12H,9-10H2. The Labute approximate surface area is 167 Å². The predicted octanol–water partition coefficient (Wildman–Crippen LogP) is 3.38. The van der Waals surface area contributed by atoms with E-state index in [-0.39, 0.29) is 9.88 Å². The van der Waals surface area contributed by atoms with Crippen molar-refractivity contribution in [2.45, 2.75) is 12.5 Å². The van der Waals surface area contributed by atoms with E-state index in [1.54, 1.807) is 24.3 Å². The van der Waals surface area contributed by atoms with Gasteiger partial charge in [-0.05, 0) is 30.3 Å². The summed E-state index contributed by atoms with van der Waals surface area (Å²) in [6, 6.07) is 8.86. The van der Waals surface area contributed by atoms with Gasteiger partial charge in [-0.2, -0.15) is 5.10 Å². The molecule has 0 N–H and O–H groups in total. The third kappa shape index (κ3) is 3.80. The average molecular weight is 415 g/mol. The highest BCUT2D eigenvalue weighted by atomic mass is 32.1. The molecule has 1 unspecified atom stereocenters. The maximum absolute atomic E-state index is 12.7. The van der Waals surface area contributed by atoms with E-state index in [9.17, 15) is 19.7 Å². The Hall–Kier alpha value is -3.73. The van der Waals surface area contributed by atoms with E-state index in [4.69, 9.17) is 13.6 Å². The van der Waals surface area contributed by atoms with Crippen molar-refractivity contribution in [1.29, 1.82) is 0 Å². The molecule has 148 valence electrons. The number of thiophene rings is 1. The van der Waals surface area contributed by atoms with Gasteiger partial charge in [-0.15, -0.1) is 0 Å². The fraction of sp³-hybridized carbons (Fsp3) is 0.167. The van der Waals surface area contributed by atoms with Crippen LogP contribution < -0.4 is 0 Å². The number of amides is 1. The molecule has 0 saturated carbocycles. The van der Waals surface area contributed by atoms with E-state index in [1.807, 2.05) is 0 Å². The van der Waals surface area contributed by atoms with Crippen molar-refractivity contribution in [3.63, 3.8) is 0 Å². The normalized spacial score (nSPS) is 15.9. The molecule has 0 saturated heterocycles. The minimum atomic E-state index is -0.819. The number of hydrogen-bond donors (Lipinski definition) is 0. The van der Waals surface area contributed by atoms with E-state index in [1.165, 1.54) is 29.7 Å². The van der Waals surface area contributed by atoms with E-state index < -0.39 is 29.4 Å². The van der Waals surface area contributed by atoms with Crippen LogP contribution in [-0.2, 0) is 9.53 Å². The molecule has 1 aliphatic rings. The molecule has 0 aliphatic carbocycles. The second-order valence-corrected chi connectivity index (χ2v) is 7.03. The summed E-state index contributed by atoms with van der Waals surface area (Å²) in [6.07, 6.45) is 3.37. The summed E-state index contributed by atoms with van der Waals surface area (Å²) >= 11 is 0.677. The SMILES string of the molecule is O=C(OCC(=O)N1N=C(c2ccco2)CC1c1ccco1)c1ccc([N+](=O)[O-])s1. The van der Waals surface area contributed by atoms with E-state index in [2.05, 4.69) is 5.10 Å². The van der Waals surface area contributed by atoms with Gasteiger partial charge in [0.2, 0.25) is 0 Å². The minimum Gasteiger partial charge on any atom is -0.467 e. The average Bonchev–Trinajstić information content (AvgIpc) is 3.49. The highest BCUT2D eigenvalue weighted by Crippen LogP contribution is 2.33. The summed E-state index contributed by atoms with van der Waals surface area (Å²) in [5, 5.41) is 16.0. The summed E-state index contributed by atoms with van der Waals surface area (Å²) in [5.74, 6) is -0.323. The number of ether oxygens (including phenoxy) is 1. The van der Waals surface area contributed by atoms with Crippen LogP contribution in [-0.4, -0.2) is 34.1 Å². The number of hydrazone groups is 1. The maximum atomic E-state index is 12.7. The smallest absolute Gasteiger partial charge is 0.349 e. The van der Waals surface area contributed by atoms with Crippen LogP contribution in [0.25, 0.3) is 0 Å². The van der Waals surface area contributed by atoms with Crippen molar-refractivity contribution in [1.82, 2.24) is 5.01 Å². The molecule has 1 amide bonds. The Balaban J connectivity index is 1.47. The van der Waals surface area contributed by atoms with Crippen molar-refractivity contribution >= 4 is 33.9 Å². The molecule has 3 aromatic heterocycles. The van der Waals surface area contributed by atoms with Gasteiger partial charge < -0.3 is 13.6 Å². The van der Waals surface area contributed by atoms with Crippen molar-refractivity contribution in [3.8, 4) is 0 Å². The van der Waals surface area contributed by atoms with Crippen molar-refractivity contribution in [2.24, 2.45) is 5.10 Å². The van der Waals surface area contributed by atoms with Crippen molar-refractivity contribution in [2.75, 3.05) is 6.61 Å². The van der Waals surface area contributed by atoms with Crippen LogP contribution in [0.5, 0.6) is 0 Å². The molecule has 0 spiro atoms. The number of rotatable bonds is 6. The number of carbonyl (C=O) groups is 2. The van der Waals surface area contributed by atoms with Crippen molar-refractivity contribution < 1.29 is 28.1 Å². The van der Waals surface area contributed by atoms with Crippen LogP contribution >= 0.6 is 11.3 Å². The van der Waals surface area contributed by atoms with Crippen molar-refractivity contribution in [3.05, 3.63) is 75.4 Å². The Morgan fingerprint density at radius 2 is 2.03 bits per heavy atom. The van der Waals surface area contributed by atoms with Gasteiger partial charge in [-0.25, -0.2) is 9.80 Å². The lowest BCUT2D eigenvalue weighted by Gasteiger charge is -2.19. The lowest BCUT2D eigenvalue weighted by Crippen LogP contribution is -2.31. The van der Waals surface area contributed by atoms with E-state index in [0.717, 1.165) is 0 Å². The first-order valence-corrected chi connectivity index (χ1v) is 9.23. The predicted molar refractivity (Wildman–Crippen MR) is 99.4 cm³/mol. The summed E-state index contributed by atoms with van der Waals surface area (Å²) in [4.78, 5) is 34.9. The first-order valence-electron chi connectivity index (χ1n) is 8.41. The van der Waals surface area contributed by atoms with Gasteiger partial charge in [0.1, 0.15) is 28.2 Å². The van der Waals surface area contributed by atoms with Crippen LogP contribution in [0.1, 0.15) is 33.7 Å². The van der Waals surface area contributed by atoms with Gasteiger partial charge in [0.05, 0.1) is 17.4 Å². The molecule has 3 aromatic rings. The molecular weight excluding hydrogens is 402 g/mol. The second kappa shape index (κ2) is 7.72. The molecule has 4 rings (SSSR count). The second-order valence-electron chi connectivity index (χ2n) is 5.97. The third-order valence-corrected chi connectivity index (χ3v) is 5.16. The van der Waals surface area contributed by atoms with Crippen LogP contribution in [0.15, 0.2) is 62.9 Å². The summed E-state index contributed by atoms with van der Waals surface area (Å²) in [7, 11) is 0. The zero-order valence-corrected chi connectivity index (χ0v) is 15.5. The van der Waals surface area contributed by atoms with Gasteiger partial charge in [0.25, 0.3) is 5.91 Å². The highest BCUT2D eigenvalue weighted by molar-refractivity contribution is 7.17. The molecule has 0 bridgehead atoms. The lowest BCUT2D eigenvalue weighted by atomic mass is 10.1. The molecule has 4 heterocycles. The third-order valence-electron chi connectivity index (χ3n) is 4.14. The van der Waals surface area contributed by atoms with E-state index >= 15 is 0 Å². The summed E-state index contributed by atoms with van der Waals surface area (Å²) in [5.41, 5.74) is 0.560. The number of carbonyl (C=O) groups excluding carboxylic acids is 2. The monoisotopic (exact) mass is 415 g/mol. The molecule has 29 heavy (non-hydrogen) atoms. The first-order chi connectivity index (χ1) is 14.0. The first kappa shape index (κ1) is 18.6. The fourth-order valence-electron chi connectivity index (χ4n) is 2.83. The van der Waals surface area contributed by atoms with Crippen LogP contribution in [0.2, 0.25) is 0 Å². The van der Waals surface area contributed by atoms with Gasteiger partial charge in [0.15, 0.2) is 6.61 Å². The molecule has 0 aromatic carbocycles. The minimum absolute atomic E-state index is 0.0354. The molecule has 0 radical (unpaired) electrons. The summed E-state index contributed by atoms with van der Waals surface area (Å²) < 4.78 is 15.8. The van der Waals surface area contributed by atoms with Gasteiger partial charge in [-0.3, -0.25) is 14.9 Å². The quantitative estimate of drug-likeness (QED) is 0.343. The Morgan fingerprint density at radius 3 is 2.69 bits per heavy atom. The zero-order valence-electron chi connectivity index (χ0n) is 14.7. The molecule has 1 atom stereocenters.